The Bertz CT molecular complexity index is 429. The molecule has 0 aromatic carbocycles. The minimum atomic E-state index is -4.10. The number of aliphatic hydroxyl groups excluding tert-OH is 1. The first-order valence-corrected chi connectivity index (χ1v) is 13.5. The van der Waals surface area contributed by atoms with E-state index in [1.54, 1.807) is 6.92 Å². The second kappa shape index (κ2) is 22.7. The van der Waals surface area contributed by atoms with Crippen molar-refractivity contribution in [3.63, 3.8) is 0 Å². The van der Waals surface area contributed by atoms with Crippen LogP contribution in [0.4, 0.5) is 0 Å². The van der Waals surface area contributed by atoms with Gasteiger partial charge in [0, 0.05) is 5.25 Å². The monoisotopic (exact) mass is 458 g/mol. The van der Waals surface area contributed by atoms with Crippen molar-refractivity contribution >= 4 is 10.1 Å². The molecule has 0 spiro atoms. The van der Waals surface area contributed by atoms with Crippen LogP contribution in [0.15, 0.2) is 0 Å². The molecule has 0 saturated heterocycles. The first kappa shape index (κ1) is 32.7. The molecule has 0 amide bonds. The molecule has 0 aromatic rings. The molecule has 0 rings (SSSR count). The van der Waals surface area contributed by atoms with E-state index in [1.807, 2.05) is 0 Å². The van der Waals surface area contributed by atoms with Crippen LogP contribution in [-0.4, -0.2) is 29.4 Å². The summed E-state index contributed by atoms with van der Waals surface area (Å²) in [5.41, 5.74) is 0. The summed E-state index contributed by atoms with van der Waals surface area (Å²) in [6.07, 6.45) is 21.2. The predicted octanol–water partition coefficient (Wildman–Crippen LogP) is 3.72. The molecule has 0 heterocycles. The summed E-state index contributed by atoms with van der Waals surface area (Å²) in [5, 5.41) is 9.00. The van der Waals surface area contributed by atoms with E-state index in [0.717, 1.165) is 38.5 Å². The van der Waals surface area contributed by atoms with Crippen molar-refractivity contribution in [1.82, 2.24) is 0 Å². The minimum absolute atomic E-state index is 0. The van der Waals surface area contributed by atoms with Crippen LogP contribution in [0.3, 0.4) is 0 Å². The van der Waals surface area contributed by atoms with Crippen molar-refractivity contribution in [2.75, 3.05) is 0 Å². The zero-order valence-corrected chi connectivity index (χ0v) is 23.6. The summed E-state index contributed by atoms with van der Waals surface area (Å²) in [7, 11) is -4.10. The van der Waals surface area contributed by atoms with Crippen LogP contribution >= 0.6 is 0 Å². The molecule has 0 aromatic heterocycles. The van der Waals surface area contributed by atoms with Gasteiger partial charge in [-0.2, -0.15) is 0 Å². The molecule has 0 aliphatic rings. The van der Waals surface area contributed by atoms with Gasteiger partial charge in [-0.1, -0.05) is 110 Å². The maximum Gasteiger partial charge on any atom is 1.00 e. The normalized spacial score (nSPS) is 13.8. The van der Waals surface area contributed by atoms with Gasteiger partial charge in [0.25, 0.3) is 0 Å². The van der Waals surface area contributed by atoms with Gasteiger partial charge in [-0.25, -0.2) is 8.42 Å². The molecule has 6 heteroatoms. The fourth-order valence-corrected chi connectivity index (χ4v) is 4.77. The molecule has 1 N–H and O–H groups in total. The quantitative estimate of drug-likeness (QED) is 0.162. The molecule has 0 aliphatic carbocycles. The van der Waals surface area contributed by atoms with Gasteiger partial charge in [0.15, 0.2) is 0 Å². The van der Waals surface area contributed by atoms with Crippen molar-refractivity contribution in [1.29, 1.82) is 0 Å². The molecular formula is C23H47KO4S. The average molecular weight is 459 g/mol. The van der Waals surface area contributed by atoms with Gasteiger partial charge in [-0.05, 0) is 25.7 Å². The summed E-state index contributed by atoms with van der Waals surface area (Å²) in [6.45, 7) is 3.90. The number of unbranched alkanes of at least 4 members (excludes halogenated alkanes) is 13. The Kier molecular flexibility index (Phi) is 25.6. The van der Waals surface area contributed by atoms with Crippen LogP contribution in [0.25, 0.3) is 0 Å². The van der Waals surface area contributed by atoms with Crippen molar-refractivity contribution in [3.05, 3.63) is 0 Å². The maximum absolute atomic E-state index is 11.0. The van der Waals surface area contributed by atoms with E-state index in [-0.39, 0.29) is 57.5 Å². The fourth-order valence-electron chi connectivity index (χ4n) is 3.90. The number of rotatable bonds is 21. The van der Waals surface area contributed by atoms with Gasteiger partial charge in [-0.3, -0.25) is 0 Å². The SMILES string of the molecule is CCCC(O)CCCCCCCCCCCCCCCCC(CC)S(=O)(=O)[O-].[K+]. The van der Waals surface area contributed by atoms with E-state index in [4.69, 9.17) is 0 Å². The zero-order valence-electron chi connectivity index (χ0n) is 19.7. The van der Waals surface area contributed by atoms with Crippen LogP contribution in [0, 0.1) is 0 Å². The Hall–Kier alpha value is 1.51. The van der Waals surface area contributed by atoms with Crippen LogP contribution < -0.4 is 51.4 Å². The molecule has 29 heavy (non-hydrogen) atoms. The van der Waals surface area contributed by atoms with Crippen LogP contribution in [-0.2, 0) is 10.1 Å². The summed E-state index contributed by atoms with van der Waals surface area (Å²) >= 11 is 0. The third-order valence-electron chi connectivity index (χ3n) is 5.80. The van der Waals surface area contributed by atoms with Gasteiger partial charge in [0.2, 0.25) is 0 Å². The predicted molar refractivity (Wildman–Crippen MR) is 119 cm³/mol. The second-order valence-corrected chi connectivity index (χ2v) is 10.1. The topological polar surface area (TPSA) is 77.4 Å². The van der Waals surface area contributed by atoms with Gasteiger partial charge in [0.05, 0.1) is 16.2 Å². The van der Waals surface area contributed by atoms with Crippen LogP contribution in [0.2, 0.25) is 0 Å². The molecule has 170 valence electrons. The number of hydrogen-bond donors (Lipinski definition) is 1. The van der Waals surface area contributed by atoms with E-state index >= 15 is 0 Å². The molecule has 2 unspecified atom stereocenters. The largest absolute Gasteiger partial charge is 1.00 e. The average Bonchev–Trinajstić information content (AvgIpc) is 2.63. The minimum Gasteiger partial charge on any atom is -0.748 e. The van der Waals surface area contributed by atoms with Crippen molar-refractivity contribution < 1.29 is 69.5 Å². The Morgan fingerprint density at radius 3 is 1.31 bits per heavy atom. The summed E-state index contributed by atoms with van der Waals surface area (Å²) in [5.74, 6) is 0. The van der Waals surface area contributed by atoms with E-state index in [9.17, 15) is 18.1 Å². The van der Waals surface area contributed by atoms with E-state index in [0.29, 0.717) is 12.8 Å². The smallest absolute Gasteiger partial charge is 0.748 e. The first-order valence-electron chi connectivity index (χ1n) is 12.0. The van der Waals surface area contributed by atoms with Crippen molar-refractivity contribution in [2.24, 2.45) is 0 Å². The first-order chi connectivity index (χ1) is 13.4. The summed E-state index contributed by atoms with van der Waals surface area (Å²) in [4.78, 5) is 0. The van der Waals surface area contributed by atoms with Crippen molar-refractivity contribution in [3.8, 4) is 0 Å². The molecule has 0 aliphatic heterocycles. The Balaban J connectivity index is 0. The van der Waals surface area contributed by atoms with Gasteiger partial charge >= 0.3 is 51.4 Å². The molecule has 0 saturated carbocycles. The summed E-state index contributed by atoms with van der Waals surface area (Å²) < 4.78 is 33.1. The number of hydrogen-bond acceptors (Lipinski definition) is 4. The second-order valence-electron chi connectivity index (χ2n) is 8.49. The van der Waals surface area contributed by atoms with Gasteiger partial charge < -0.3 is 9.66 Å². The van der Waals surface area contributed by atoms with E-state index in [2.05, 4.69) is 6.92 Å². The molecule has 0 radical (unpaired) electrons. The molecule has 4 nitrogen and oxygen atoms in total. The van der Waals surface area contributed by atoms with Crippen molar-refractivity contribution in [2.45, 2.75) is 147 Å². The number of aliphatic hydroxyl groups is 1. The third kappa shape index (κ3) is 22.5. The Morgan fingerprint density at radius 1 is 0.655 bits per heavy atom. The molecule has 0 fully saturated rings. The molecule has 2 atom stereocenters. The molecule has 0 bridgehead atoms. The third-order valence-corrected chi connectivity index (χ3v) is 7.18. The fraction of sp³-hybridized carbons (Fsp3) is 1.00. The maximum atomic E-state index is 11.0. The van der Waals surface area contributed by atoms with Gasteiger partial charge in [0.1, 0.15) is 0 Å². The van der Waals surface area contributed by atoms with Crippen LogP contribution in [0.5, 0.6) is 0 Å². The van der Waals surface area contributed by atoms with Crippen LogP contribution in [0.1, 0.15) is 136 Å². The van der Waals surface area contributed by atoms with E-state index in [1.165, 1.54) is 70.6 Å². The van der Waals surface area contributed by atoms with E-state index < -0.39 is 15.4 Å². The standard InChI is InChI=1S/C23H48O4S.K/c1-3-19-22(24)20-17-15-13-11-9-7-5-6-8-10-12-14-16-18-21-23(4-2)28(25,26)27;/h22-24H,3-21H2,1-2H3,(H,25,26,27);/q;+1/p-1. The Labute approximate surface area is 224 Å². The summed E-state index contributed by atoms with van der Waals surface area (Å²) in [6, 6.07) is 0. The van der Waals surface area contributed by atoms with Gasteiger partial charge in [-0.15, -0.1) is 0 Å². The Morgan fingerprint density at radius 2 is 1.00 bits per heavy atom. The zero-order chi connectivity index (χ0) is 21.1. The molecular weight excluding hydrogens is 411 g/mol.